The molecule has 1 aromatic heterocycles. The number of hydrogen-bond donors (Lipinski definition) is 1. The van der Waals surface area contributed by atoms with Crippen molar-refractivity contribution < 1.29 is 14.7 Å². The van der Waals surface area contributed by atoms with E-state index in [0.717, 1.165) is 0 Å². The Morgan fingerprint density at radius 1 is 1.29 bits per heavy atom. The van der Waals surface area contributed by atoms with Gasteiger partial charge in [0.15, 0.2) is 0 Å². The van der Waals surface area contributed by atoms with Crippen LogP contribution in [0.2, 0.25) is 0 Å². The van der Waals surface area contributed by atoms with Crippen molar-refractivity contribution in [2.75, 3.05) is 13.1 Å². The van der Waals surface area contributed by atoms with E-state index >= 15 is 0 Å². The first-order chi connectivity index (χ1) is 9.92. The van der Waals surface area contributed by atoms with E-state index in [2.05, 4.69) is 0 Å². The molecular formula is C15H20N2O4. The third-order valence-corrected chi connectivity index (χ3v) is 4.20. The third-order valence-electron chi connectivity index (χ3n) is 4.20. The van der Waals surface area contributed by atoms with Crippen LogP contribution in [0.25, 0.3) is 0 Å². The highest BCUT2D eigenvalue weighted by Crippen LogP contribution is 2.31. The van der Waals surface area contributed by atoms with E-state index < -0.39 is 11.4 Å². The van der Waals surface area contributed by atoms with Crippen LogP contribution in [-0.4, -0.2) is 39.5 Å². The van der Waals surface area contributed by atoms with Crippen molar-refractivity contribution in [1.29, 1.82) is 0 Å². The number of hydrogen-bond acceptors (Lipinski definition) is 3. The Hall–Kier alpha value is -2.11. The van der Waals surface area contributed by atoms with Gasteiger partial charge in [-0.15, -0.1) is 0 Å². The summed E-state index contributed by atoms with van der Waals surface area (Å²) in [6.07, 6.45) is 2.86. The zero-order valence-electron chi connectivity index (χ0n) is 12.1. The van der Waals surface area contributed by atoms with E-state index in [-0.39, 0.29) is 17.9 Å². The van der Waals surface area contributed by atoms with Gasteiger partial charge in [-0.3, -0.25) is 14.4 Å². The van der Waals surface area contributed by atoms with Crippen LogP contribution in [0.3, 0.4) is 0 Å². The molecule has 1 aliphatic rings. The second kappa shape index (κ2) is 6.11. The zero-order valence-corrected chi connectivity index (χ0v) is 12.1. The summed E-state index contributed by atoms with van der Waals surface area (Å²) >= 11 is 0. The number of aliphatic carboxylic acids is 1. The summed E-state index contributed by atoms with van der Waals surface area (Å²) in [6, 6.07) is 4.88. The number of carbonyl (C=O) groups excluding carboxylic acids is 1. The van der Waals surface area contributed by atoms with Crippen LogP contribution in [0.4, 0.5) is 0 Å². The molecule has 1 fully saturated rings. The molecule has 0 saturated carbocycles. The number of carboxylic acid groups (broad SMARTS) is 1. The standard InChI is InChI=1S/C15H20N2O4/c1-15(14(20)21)6-10-17(11-7-15)13(19)5-9-16-8-3-2-4-12(16)18/h2-4,8H,5-7,9-11H2,1H3,(H,20,21). The van der Waals surface area contributed by atoms with E-state index in [1.165, 1.54) is 10.6 Å². The summed E-state index contributed by atoms with van der Waals surface area (Å²) in [5, 5.41) is 9.16. The maximum Gasteiger partial charge on any atom is 0.309 e. The van der Waals surface area contributed by atoms with Gasteiger partial charge in [0.05, 0.1) is 5.41 Å². The van der Waals surface area contributed by atoms with Crippen molar-refractivity contribution >= 4 is 11.9 Å². The summed E-state index contributed by atoms with van der Waals surface area (Å²) in [4.78, 5) is 36.5. The monoisotopic (exact) mass is 292 g/mol. The smallest absolute Gasteiger partial charge is 0.309 e. The maximum absolute atomic E-state index is 12.1. The number of likely N-dealkylation sites (tertiary alicyclic amines) is 1. The number of piperidine rings is 1. The molecule has 0 bridgehead atoms. The number of aromatic nitrogens is 1. The lowest BCUT2D eigenvalue weighted by atomic mass is 9.80. The lowest BCUT2D eigenvalue weighted by molar-refractivity contribution is -0.153. The SMILES string of the molecule is CC1(C(=O)O)CCN(C(=O)CCn2ccccc2=O)CC1. The summed E-state index contributed by atoms with van der Waals surface area (Å²) in [7, 11) is 0. The average Bonchev–Trinajstić information content (AvgIpc) is 2.46. The molecule has 0 unspecified atom stereocenters. The van der Waals surface area contributed by atoms with Crippen molar-refractivity contribution in [2.45, 2.75) is 32.7 Å². The third kappa shape index (κ3) is 3.51. The first-order valence-electron chi connectivity index (χ1n) is 7.09. The average molecular weight is 292 g/mol. The quantitative estimate of drug-likeness (QED) is 0.896. The van der Waals surface area contributed by atoms with Gasteiger partial charge >= 0.3 is 5.97 Å². The van der Waals surface area contributed by atoms with E-state index in [0.29, 0.717) is 32.5 Å². The van der Waals surface area contributed by atoms with Gasteiger partial charge in [-0.25, -0.2) is 0 Å². The van der Waals surface area contributed by atoms with E-state index in [9.17, 15) is 14.4 Å². The molecular weight excluding hydrogens is 272 g/mol. The van der Waals surface area contributed by atoms with Crippen LogP contribution in [0.1, 0.15) is 26.2 Å². The molecule has 1 N–H and O–H groups in total. The molecule has 1 saturated heterocycles. The van der Waals surface area contributed by atoms with E-state index in [1.807, 2.05) is 0 Å². The number of aryl methyl sites for hydroxylation is 1. The molecule has 0 radical (unpaired) electrons. The second-order valence-electron chi connectivity index (χ2n) is 5.73. The lowest BCUT2D eigenvalue weighted by Crippen LogP contribution is -2.45. The fraction of sp³-hybridized carbons (Fsp3) is 0.533. The van der Waals surface area contributed by atoms with E-state index in [1.54, 1.807) is 30.2 Å². The van der Waals surface area contributed by atoms with Gasteiger partial charge < -0.3 is 14.6 Å². The predicted molar refractivity (Wildman–Crippen MR) is 76.9 cm³/mol. The lowest BCUT2D eigenvalue weighted by Gasteiger charge is -2.36. The fourth-order valence-corrected chi connectivity index (χ4v) is 2.48. The number of pyridine rings is 1. The van der Waals surface area contributed by atoms with Crippen LogP contribution in [0.15, 0.2) is 29.2 Å². The van der Waals surface area contributed by atoms with Crippen molar-refractivity contribution in [1.82, 2.24) is 9.47 Å². The minimum absolute atomic E-state index is 0.0295. The van der Waals surface area contributed by atoms with Gasteiger partial charge in [0, 0.05) is 38.3 Å². The molecule has 2 heterocycles. The molecule has 0 aromatic carbocycles. The fourth-order valence-electron chi connectivity index (χ4n) is 2.48. The molecule has 0 atom stereocenters. The van der Waals surface area contributed by atoms with E-state index in [4.69, 9.17) is 5.11 Å². The number of amides is 1. The molecule has 6 nitrogen and oxygen atoms in total. The number of carbonyl (C=O) groups is 2. The molecule has 6 heteroatoms. The molecule has 0 aliphatic carbocycles. The molecule has 1 aliphatic heterocycles. The Labute approximate surface area is 123 Å². The summed E-state index contributed by atoms with van der Waals surface area (Å²) in [6.45, 7) is 3.00. The Morgan fingerprint density at radius 2 is 1.95 bits per heavy atom. The molecule has 114 valence electrons. The van der Waals surface area contributed by atoms with Gasteiger partial charge in [0.2, 0.25) is 5.91 Å². The first-order valence-corrected chi connectivity index (χ1v) is 7.09. The summed E-state index contributed by atoms with van der Waals surface area (Å²) in [5.74, 6) is -0.830. The van der Waals surface area contributed by atoms with Crippen LogP contribution in [0.5, 0.6) is 0 Å². The summed E-state index contributed by atoms with van der Waals surface area (Å²) < 4.78 is 1.50. The van der Waals surface area contributed by atoms with Crippen LogP contribution in [-0.2, 0) is 16.1 Å². The zero-order chi connectivity index (χ0) is 15.5. The predicted octanol–water partition coefficient (Wildman–Crippen LogP) is 0.952. The molecule has 2 rings (SSSR count). The number of carboxylic acids is 1. The van der Waals surface area contributed by atoms with Gasteiger partial charge in [-0.05, 0) is 25.8 Å². The Kier molecular flexibility index (Phi) is 4.45. The topological polar surface area (TPSA) is 79.6 Å². The number of nitrogens with zero attached hydrogens (tertiary/aromatic N) is 2. The number of rotatable bonds is 4. The van der Waals surface area contributed by atoms with Crippen LogP contribution in [0, 0.1) is 5.41 Å². The van der Waals surface area contributed by atoms with Crippen molar-refractivity contribution in [3.05, 3.63) is 34.7 Å². The van der Waals surface area contributed by atoms with Crippen LogP contribution >= 0.6 is 0 Å². The second-order valence-corrected chi connectivity index (χ2v) is 5.73. The Morgan fingerprint density at radius 3 is 2.52 bits per heavy atom. The largest absolute Gasteiger partial charge is 0.481 e. The molecule has 1 aromatic rings. The summed E-state index contributed by atoms with van der Waals surface area (Å²) in [5.41, 5.74) is -0.852. The van der Waals surface area contributed by atoms with Crippen molar-refractivity contribution in [3.8, 4) is 0 Å². The van der Waals surface area contributed by atoms with Gasteiger partial charge in [-0.1, -0.05) is 6.07 Å². The van der Waals surface area contributed by atoms with Gasteiger partial charge in [0.25, 0.3) is 5.56 Å². The maximum atomic E-state index is 12.1. The van der Waals surface area contributed by atoms with Crippen molar-refractivity contribution in [3.63, 3.8) is 0 Å². The Bertz CT molecular complexity index is 585. The normalized spacial score (nSPS) is 17.5. The minimum Gasteiger partial charge on any atom is -0.481 e. The molecule has 0 spiro atoms. The van der Waals surface area contributed by atoms with Gasteiger partial charge in [-0.2, -0.15) is 0 Å². The molecule has 1 amide bonds. The Balaban J connectivity index is 1.87. The highest BCUT2D eigenvalue weighted by Gasteiger charge is 2.37. The molecule has 21 heavy (non-hydrogen) atoms. The first kappa shape index (κ1) is 15.3. The highest BCUT2D eigenvalue weighted by atomic mass is 16.4. The highest BCUT2D eigenvalue weighted by molar-refractivity contribution is 5.78. The van der Waals surface area contributed by atoms with Crippen molar-refractivity contribution in [2.24, 2.45) is 5.41 Å². The minimum atomic E-state index is -0.801. The van der Waals surface area contributed by atoms with Gasteiger partial charge in [0.1, 0.15) is 0 Å². The van der Waals surface area contributed by atoms with Crippen LogP contribution < -0.4 is 5.56 Å².